The Bertz CT molecular complexity index is 863. The van der Waals surface area contributed by atoms with Gasteiger partial charge < -0.3 is 14.4 Å². The fourth-order valence-corrected chi connectivity index (χ4v) is 4.51. The van der Waals surface area contributed by atoms with Crippen molar-refractivity contribution in [3.8, 4) is 0 Å². The molecule has 30 heavy (non-hydrogen) atoms. The Kier molecular flexibility index (Phi) is 7.73. The van der Waals surface area contributed by atoms with Crippen LogP contribution in [-0.4, -0.2) is 53.8 Å². The van der Waals surface area contributed by atoms with E-state index in [4.69, 9.17) is 0 Å². The second-order valence-electron chi connectivity index (χ2n) is 8.43. The Hall–Kier alpha value is -2.11. The maximum atomic E-state index is 13.0. The predicted octanol–water partition coefficient (Wildman–Crippen LogP) is 3.88. The Morgan fingerprint density at radius 2 is 1.57 bits per heavy atom. The number of ketones is 2. The second-order valence-corrected chi connectivity index (χ2v) is 8.43. The normalized spacial score (nSPS) is 16.6. The molecule has 2 fully saturated rings. The Morgan fingerprint density at radius 3 is 2.23 bits per heavy atom. The summed E-state index contributed by atoms with van der Waals surface area (Å²) in [4.78, 5) is 30.1. The second kappa shape index (κ2) is 10.3. The van der Waals surface area contributed by atoms with Crippen LogP contribution < -0.4 is 4.90 Å². The number of aryl methyl sites for hydroxylation is 1. The predicted molar refractivity (Wildman–Crippen MR) is 123 cm³/mol. The van der Waals surface area contributed by atoms with Crippen molar-refractivity contribution < 1.29 is 9.59 Å². The molecule has 0 bridgehead atoms. The summed E-state index contributed by atoms with van der Waals surface area (Å²) in [5, 5.41) is 0. The summed E-state index contributed by atoms with van der Waals surface area (Å²) >= 11 is 0. The molecule has 2 aromatic rings. The van der Waals surface area contributed by atoms with Gasteiger partial charge in [0.25, 0.3) is 0 Å². The van der Waals surface area contributed by atoms with Gasteiger partial charge in [0.2, 0.25) is 5.78 Å². The first-order valence-corrected chi connectivity index (χ1v) is 10.9. The van der Waals surface area contributed by atoms with Crippen LogP contribution in [0.3, 0.4) is 0 Å². The number of anilines is 1. The number of hydrogen-bond acceptors (Lipinski definition) is 4. The molecular formula is C24H32ClN3O2. The first-order valence-electron chi connectivity index (χ1n) is 10.9. The molecule has 4 rings (SSSR count). The fraction of sp³-hybridized carbons (Fsp3) is 0.500. The topological polar surface area (TPSA) is 45.6 Å². The molecule has 0 amide bonds. The van der Waals surface area contributed by atoms with Crippen molar-refractivity contribution in [1.29, 1.82) is 0 Å². The molecule has 6 heteroatoms. The van der Waals surface area contributed by atoms with Crippen LogP contribution in [-0.2, 0) is 18.3 Å². The minimum atomic E-state index is 0. The lowest BCUT2D eigenvalue weighted by atomic mass is 10.1. The van der Waals surface area contributed by atoms with Crippen LogP contribution in [0.1, 0.15) is 53.7 Å². The van der Waals surface area contributed by atoms with Crippen LogP contribution in [0.25, 0.3) is 0 Å². The van der Waals surface area contributed by atoms with E-state index < -0.39 is 0 Å². The quantitative estimate of drug-likeness (QED) is 0.597. The number of nitrogens with zero attached hydrogens (tertiary/aromatic N) is 3. The highest BCUT2D eigenvalue weighted by Crippen LogP contribution is 2.22. The summed E-state index contributed by atoms with van der Waals surface area (Å²) < 4.78 is 1.85. The standard InChI is InChI=1S/C24H31N3O2.ClH/c1-25-18-19(16-22(28)10-15-26-11-2-3-12-26)17-23(25)24(29)20-6-8-21(9-7-20)27-13-4-5-14-27;/h6-9,17-18H,2-5,10-16H2,1H3;1H. The van der Waals surface area contributed by atoms with Crippen molar-refractivity contribution in [2.24, 2.45) is 7.05 Å². The molecule has 1 aromatic heterocycles. The third kappa shape index (κ3) is 5.32. The van der Waals surface area contributed by atoms with E-state index in [2.05, 4.69) is 9.80 Å². The largest absolute Gasteiger partial charge is 0.372 e. The Labute approximate surface area is 185 Å². The molecule has 0 N–H and O–H groups in total. The number of rotatable bonds is 8. The third-order valence-corrected chi connectivity index (χ3v) is 6.20. The Balaban J connectivity index is 0.00000256. The smallest absolute Gasteiger partial charge is 0.209 e. The molecule has 2 aliphatic rings. The lowest BCUT2D eigenvalue weighted by molar-refractivity contribution is -0.118. The molecule has 2 aliphatic heterocycles. The molecule has 3 heterocycles. The first-order chi connectivity index (χ1) is 14.1. The molecule has 0 unspecified atom stereocenters. The van der Waals surface area contributed by atoms with Gasteiger partial charge in [-0.15, -0.1) is 12.4 Å². The number of carbonyl (C=O) groups excluding carboxylic acids is 2. The summed E-state index contributed by atoms with van der Waals surface area (Å²) in [7, 11) is 1.88. The molecule has 1 aromatic carbocycles. The van der Waals surface area contributed by atoms with E-state index in [-0.39, 0.29) is 24.0 Å². The lowest BCUT2D eigenvalue weighted by Crippen LogP contribution is -2.23. The van der Waals surface area contributed by atoms with Gasteiger partial charge in [0.1, 0.15) is 5.78 Å². The van der Waals surface area contributed by atoms with Crippen molar-refractivity contribution in [3.05, 3.63) is 53.3 Å². The minimum absolute atomic E-state index is 0. The van der Waals surface area contributed by atoms with Crippen LogP contribution in [0.5, 0.6) is 0 Å². The molecular weight excluding hydrogens is 398 g/mol. The number of halogens is 1. The average Bonchev–Trinajstić information content (AvgIpc) is 3.48. The van der Waals surface area contributed by atoms with Gasteiger partial charge in [-0.05, 0) is 74.7 Å². The molecule has 0 atom stereocenters. The van der Waals surface area contributed by atoms with Gasteiger partial charge in [-0.25, -0.2) is 0 Å². The number of hydrogen-bond donors (Lipinski definition) is 0. The minimum Gasteiger partial charge on any atom is -0.372 e. The highest BCUT2D eigenvalue weighted by molar-refractivity contribution is 6.08. The van der Waals surface area contributed by atoms with Crippen LogP contribution in [0.2, 0.25) is 0 Å². The van der Waals surface area contributed by atoms with Crippen molar-refractivity contribution in [1.82, 2.24) is 9.47 Å². The van der Waals surface area contributed by atoms with E-state index in [0.717, 1.165) is 38.3 Å². The number of carbonyl (C=O) groups is 2. The fourth-order valence-electron chi connectivity index (χ4n) is 4.51. The van der Waals surface area contributed by atoms with E-state index in [1.54, 1.807) is 0 Å². The summed E-state index contributed by atoms with van der Waals surface area (Å²) in [6.07, 6.45) is 7.89. The summed E-state index contributed by atoms with van der Waals surface area (Å²) in [6, 6.07) is 9.81. The zero-order chi connectivity index (χ0) is 20.2. The SMILES string of the molecule is Cl.Cn1cc(CC(=O)CCN2CCCC2)cc1C(=O)c1ccc(N2CCCC2)cc1. The molecule has 5 nitrogen and oxygen atoms in total. The van der Waals surface area contributed by atoms with E-state index in [0.29, 0.717) is 24.1 Å². The van der Waals surface area contributed by atoms with Crippen LogP contribution in [0.4, 0.5) is 5.69 Å². The summed E-state index contributed by atoms with van der Waals surface area (Å²) in [5.41, 5.74) is 3.45. The van der Waals surface area contributed by atoms with E-state index in [1.165, 1.54) is 31.4 Å². The van der Waals surface area contributed by atoms with Crippen molar-refractivity contribution in [2.75, 3.05) is 37.6 Å². The van der Waals surface area contributed by atoms with Crippen LogP contribution in [0, 0.1) is 0 Å². The average molecular weight is 430 g/mol. The molecule has 0 spiro atoms. The van der Waals surface area contributed by atoms with Gasteiger partial charge >= 0.3 is 0 Å². The molecule has 0 saturated carbocycles. The molecule has 162 valence electrons. The summed E-state index contributed by atoms with van der Waals surface area (Å²) in [6.45, 7) is 5.29. The zero-order valence-electron chi connectivity index (χ0n) is 17.8. The van der Waals surface area contributed by atoms with E-state index in [1.807, 2.05) is 48.1 Å². The van der Waals surface area contributed by atoms with Crippen LogP contribution in [0.15, 0.2) is 36.5 Å². The molecule has 0 radical (unpaired) electrons. The van der Waals surface area contributed by atoms with Gasteiger partial charge in [0, 0.05) is 57.0 Å². The monoisotopic (exact) mass is 429 g/mol. The Morgan fingerprint density at radius 1 is 0.933 bits per heavy atom. The van der Waals surface area contributed by atoms with E-state index >= 15 is 0 Å². The number of aromatic nitrogens is 1. The number of likely N-dealkylation sites (tertiary alicyclic amines) is 1. The first kappa shape index (κ1) is 22.6. The van der Waals surface area contributed by atoms with E-state index in [9.17, 15) is 9.59 Å². The van der Waals surface area contributed by atoms with Crippen LogP contribution >= 0.6 is 12.4 Å². The lowest BCUT2D eigenvalue weighted by Gasteiger charge is -2.17. The molecule has 0 aliphatic carbocycles. The van der Waals surface area contributed by atoms with Crippen molar-refractivity contribution >= 4 is 29.7 Å². The zero-order valence-corrected chi connectivity index (χ0v) is 18.6. The van der Waals surface area contributed by atoms with Gasteiger partial charge in [-0.2, -0.15) is 0 Å². The highest BCUT2D eigenvalue weighted by Gasteiger charge is 2.18. The van der Waals surface area contributed by atoms with Gasteiger partial charge in [-0.1, -0.05) is 0 Å². The maximum absolute atomic E-state index is 13.0. The van der Waals surface area contributed by atoms with Gasteiger partial charge in [0.15, 0.2) is 0 Å². The van der Waals surface area contributed by atoms with Gasteiger partial charge in [-0.3, -0.25) is 9.59 Å². The molecule has 2 saturated heterocycles. The van der Waals surface area contributed by atoms with Crippen molar-refractivity contribution in [2.45, 2.75) is 38.5 Å². The number of Topliss-reactive ketones (excluding diaryl/α,β-unsaturated/α-hetero) is 1. The van der Waals surface area contributed by atoms with Crippen molar-refractivity contribution in [3.63, 3.8) is 0 Å². The van der Waals surface area contributed by atoms with Gasteiger partial charge in [0.05, 0.1) is 5.69 Å². The maximum Gasteiger partial charge on any atom is 0.209 e. The summed E-state index contributed by atoms with van der Waals surface area (Å²) in [5.74, 6) is 0.257. The number of benzene rings is 1. The highest BCUT2D eigenvalue weighted by atomic mass is 35.5. The third-order valence-electron chi connectivity index (χ3n) is 6.20.